The molecule has 1 aliphatic heterocycles. The average Bonchev–Trinajstić information content (AvgIpc) is 3.26. The molecule has 1 fully saturated rings. The molecule has 1 aromatic carbocycles. The van der Waals surface area contributed by atoms with E-state index in [0.29, 0.717) is 5.13 Å². The Bertz CT molecular complexity index is 623. The zero-order valence-electron chi connectivity index (χ0n) is 13.0. The van der Waals surface area contributed by atoms with Crippen molar-refractivity contribution in [3.8, 4) is 0 Å². The van der Waals surface area contributed by atoms with Gasteiger partial charge in [0.2, 0.25) is 5.91 Å². The monoisotopic (exact) mass is 348 g/mol. The standard InChI is InChI=1S/C17H20N2O2S2/c1-22-14-6-4-12(5-7-14)15(11-13-3-2-9-21-13)16(20)19-17-18-8-10-23-17/h4-8,10,13,15H,2-3,9,11H2,1H3,(H,18,19,20)/t13-,15?/m1/s1. The van der Waals surface area contributed by atoms with Gasteiger partial charge in [-0.15, -0.1) is 23.1 Å². The van der Waals surface area contributed by atoms with Gasteiger partial charge in [0.25, 0.3) is 0 Å². The Kier molecular flexibility index (Phi) is 5.70. The maximum absolute atomic E-state index is 12.7. The first-order valence-electron chi connectivity index (χ1n) is 7.72. The van der Waals surface area contributed by atoms with Crippen LogP contribution in [0.15, 0.2) is 40.7 Å². The van der Waals surface area contributed by atoms with E-state index in [-0.39, 0.29) is 17.9 Å². The lowest BCUT2D eigenvalue weighted by Crippen LogP contribution is -2.25. The second-order valence-corrected chi connectivity index (χ2v) is 7.30. The molecule has 1 saturated heterocycles. The lowest BCUT2D eigenvalue weighted by molar-refractivity contribution is -0.118. The van der Waals surface area contributed by atoms with Gasteiger partial charge in [-0.2, -0.15) is 0 Å². The van der Waals surface area contributed by atoms with Gasteiger partial charge in [0.05, 0.1) is 12.0 Å². The number of thioether (sulfide) groups is 1. The molecule has 23 heavy (non-hydrogen) atoms. The van der Waals surface area contributed by atoms with Crippen molar-refractivity contribution in [3.05, 3.63) is 41.4 Å². The minimum Gasteiger partial charge on any atom is -0.378 e. The summed E-state index contributed by atoms with van der Waals surface area (Å²) < 4.78 is 5.74. The maximum atomic E-state index is 12.7. The maximum Gasteiger partial charge on any atom is 0.233 e. The van der Waals surface area contributed by atoms with Gasteiger partial charge in [-0.1, -0.05) is 12.1 Å². The van der Waals surface area contributed by atoms with Crippen LogP contribution in [0.5, 0.6) is 0 Å². The van der Waals surface area contributed by atoms with E-state index in [2.05, 4.69) is 22.4 Å². The molecule has 0 radical (unpaired) electrons. The third-order valence-electron chi connectivity index (χ3n) is 4.02. The Morgan fingerprint density at radius 1 is 1.48 bits per heavy atom. The van der Waals surface area contributed by atoms with Crippen molar-refractivity contribution in [1.29, 1.82) is 0 Å². The van der Waals surface area contributed by atoms with Crippen molar-refractivity contribution in [2.24, 2.45) is 0 Å². The largest absolute Gasteiger partial charge is 0.378 e. The van der Waals surface area contributed by atoms with E-state index in [1.54, 1.807) is 18.0 Å². The van der Waals surface area contributed by atoms with Gasteiger partial charge < -0.3 is 10.1 Å². The summed E-state index contributed by atoms with van der Waals surface area (Å²) in [6.45, 7) is 0.802. The highest BCUT2D eigenvalue weighted by atomic mass is 32.2. The molecule has 0 aliphatic carbocycles. The minimum absolute atomic E-state index is 0.00708. The molecular weight excluding hydrogens is 328 g/mol. The Labute approximate surface area is 144 Å². The van der Waals surface area contributed by atoms with Gasteiger partial charge in [-0.25, -0.2) is 4.98 Å². The fraction of sp³-hybridized carbons (Fsp3) is 0.412. The number of aromatic nitrogens is 1. The van der Waals surface area contributed by atoms with Crippen molar-refractivity contribution in [2.45, 2.75) is 36.2 Å². The number of rotatable bonds is 6. The van der Waals surface area contributed by atoms with Crippen LogP contribution in [0.2, 0.25) is 0 Å². The summed E-state index contributed by atoms with van der Waals surface area (Å²) in [5.41, 5.74) is 1.03. The smallest absolute Gasteiger partial charge is 0.233 e. The fourth-order valence-electron chi connectivity index (χ4n) is 2.80. The summed E-state index contributed by atoms with van der Waals surface area (Å²) >= 11 is 3.14. The van der Waals surface area contributed by atoms with Crippen molar-refractivity contribution in [2.75, 3.05) is 18.2 Å². The van der Waals surface area contributed by atoms with Crippen molar-refractivity contribution in [1.82, 2.24) is 4.98 Å². The number of ether oxygens (including phenoxy) is 1. The number of hydrogen-bond donors (Lipinski definition) is 1. The topological polar surface area (TPSA) is 51.2 Å². The van der Waals surface area contributed by atoms with E-state index in [1.807, 2.05) is 23.8 Å². The van der Waals surface area contributed by atoms with E-state index < -0.39 is 0 Å². The Hall–Kier alpha value is -1.37. The Morgan fingerprint density at radius 2 is 2.30 bits per heavy atom. The van der Waals surface area contributed by atoms with Crippen LogP contribution < -0.4 is 5.32 Å². The zero-order valence-corrected chi connectivity index (χ0v) is 14.7. The third-order valence-corrected chi connectivity index (χ3v) is 5.45. The number of amides is 1. The molecule has 4 nitrogen and oxygen atoms in total. The molecule has 1 amide bonds. The van der Waals surface area contributed by atoms with Gasteiger partial charge in [-0.3, -0.25) is 4.79 Å². The summed E-state index contributed by atoms with van der Waals surface area (Å²) in [6.07, 6.45) is 6.75. The molecule has 0 spiro atoms. The van der Waals surface area contributed by atoms with Crippen LogP contribution in [0.4, 0.5) is 5.13 Å². The normalized spacial score (nSPS) is 18.7. The number of hydrogen-bond acceptors (Lipinski definition) is 5. The molecule has 2 atom stereocenters. The third kappa shape index (κ3) is 4.34. The van der Waals surface area contributed by atoms with Crippen LogP contribution >= 0.6 is 23.1 Å². The van der Waals surface area contributed by atoms with Crippen LogP contribution in [-0.2, 0) is 9.53 Å². The lowest BCUT2D eigenvalue weighted by Gasteiger charge is -2.20. The first kappa shape index (κ1) is 16.5. The van der Waals surface area contributed by atoms with Crippen LogP contribution in [0, 0.1) is 0 Å². The number of nitrogens with zero attached hydrogens (tertiary/aromatic N) is 1. The number of benzene rings is 1. The molecule has 3 rings (SSSR count). The molecule has 1 N–H and O–H groups in total. The quantitative estimate of drug-likeness (QED) is 0.797. The number of carbonyl (C=O) groups is 1. The summed E-state index contributed by atoms with van der Waals surface area (Å²) in [5, 5.41) is 5.44. The van der Waals surface area contributed by atoms with Crippen LogP contribution in [-0.4, -0.2) is 29.9 Å². The number of anilines is 1. The summed E-state index contributed by atoms with van der Waals surface area (Å²) in [4.78, 5) is 18.1. The molecule has 2 aromatic rings. The second kappa shape index (κ2) is 7.95. The molecular formula is C17H20N2O2S2. The van der Waals surface area contributed by atoms with Crippen LogP contribution in [0.25, 0.3) is 0 Å². The number of nitrogens with one attached hydrogen (secondary N) is 1. The van der Waals surface area contributed by atoms with E-state index >= 15 is 0 Å². The van der Waals surface area contributed by atoms with Crippen LogP contribution in [0.3, 0.4) is 0 Å². The zero-order chi connectivity index (χ0) is 16.1. The van der Waals surface area contributed by atoms with Gasteiger partial charge in [0, 0.05) is 23.1 Å². The SMILES string of the molecule is CSc1ccc(C(C[C@H]2CCCO2)C(=O)Nc2nccs2)cc1. The fourth-order valence-corrected chi connectivity index (χ4v) is 3.74. The Morgan fingerprint density at radius 3 is 2.91 bits per heavy atom. The number of carbonyl (C=O) groups excluding carboxylic acids is 1. The molecule has 2 heterocycles. The summed E-state index contributed by atoms with van der Waals surface area (Å²) in [6, 6.07) is 8.23. The molecule has 1 aliphatic rings. The lowest BCUT2D eigenvalue weighted by atomic mass is 9.91. The highest BCUT2D eigenvalue weighted by molar-refractivity contribution is 7.98. The van der Waals surface area contributed by atoms with Crippen LogP contribution in [0.1, 0.15) is 30.7 Å². The van der Waals surface area contributed by atoms with E-state index in [0.717, 1.165) is 31.4 Å². The van der Waals surface area contributed by atoms with E-state index in [9.17, 15) is 4.79 Å². The van der Waals surface area contributed by atoms with E-state index in [1.165, 1.54) is 16.2 Å². The molecule has 0 bridgehead atoms. The summed E-state index contributed by atoms with van der Waals surface area (Å²) in [7, 11) is 0. The van der Waals surface area contributed by atoms with Gasteiger partial charge in [0.1, 0.15) is 0 Å². The van der Waals surface area contributed by atoms with Crippen molar-refractivity contribution >= 4 is 34.1 Å². The molecule has 122 valence electrons. The molecule has 1 aromatic heterocycles. The average molecular weight is 348 g/mol. The number of thiazole rings is 1. The van der Waals surface area contributed by atoms with Crippen molar-refractivity contribution < 1.29 is 9.53 Å². The second-order valence-electron chi connectivity index (χ2n) is 5.52. The first-order chi connectivity index (χ1) is 11.3. The minimum atomic E-state index is -0.210. The first-order valence-corrected chi connectivity index (χ1v) is 9.82. The van der Waals surface area contributed by atoms with Gasteiger partial charge in [-0.05, 0) is 43.2 Å². The highest BCUT2D eigenvalue weighted by Crippen LogP contribution is 2.30. The molecule has 0 saturated carbocycles. The molecule has 6 heteroatoms. The van der Waals surface area contributed by atoms with Gasteiger partial charge in [0.15, 0.2) is 5.13 Å². The molecule has 1 unspecified atom stereocenters. The predicted molar refractivity (Wildman–Crippen MR) is 95.3 cm³/mol. The highest BCUT2D eigenvalue weighted by Gasteiger charge is 2.27. The van der Waals surface area contributed by atoms with Gasteiger partial charge >= 0.3 is 0 Å². The summed E-state index contributed by atoms with van der Waals surface area (Å²) in [5.74, 6) is -0.217. The predicted octanol–water partition coefficient (Wildman–Crippen LogP) is 4.16. The van der Waals surface area contributed by atoms with Crippen molar-refractivity contribution in [3.63, 3.8) is 0 Å². The Balaban J connectivity index is 1.77. The van der Waals surface area contributed by atoms with E-state index in [4.69, 9.17) is 4.74 Å².